The third-order valence-corrected chi connectivity index (χ3v) is 5.06. The highest BCUT2D eigenvalue weighted by Gasteiger charge is 2.29. The van der Waals surface area contributed by atoms with Gasteiger partial charge in [0.15, 0.2) is 5.69 Å². The Morgan fingerprint density at radius 1 is 1.21 bits per heavy atom. The third kappa shape index (κ3) is 3.56. The largest absolute Gasteiger partial charge is 0.497 e. The summed E-state index contributed by atoms with van der Waals surface area (Å²) >= 11 is 0. The molecule has 0 saturated carbocycles. The minimum atomic E-state index is -0.311. The van der Waals surface area contributed by atoms with E-state index in [1.165, 1.54) is 0 Å². The van der Waals surface area contributed by atoms with Crippen LogP contribution in [0, 0.1) is 6.92 Å². The second-order valence-corrected chi connectivity index (χ2v) is 6.81. The van der Waals surface area contributed by atoms with Gasteiger partial charge in [0.1, 0.15) is 5.75 Å². The van der Waals surface area contributed by atoms with Crippen LogP contribution in [0.2, 0.25) is 0 Å². The number of ether oxygens (including phenoxy) is 1. The van der Waals surface area contributed by atoms with E-state index in [0.29, 0.717) is 18.7 Å². The Kier molecular flexibility index (Phi) is 4.99. The van der Waals surface area contributed by atoms with E-state index in [2.05, 4.69) is 20.9 Å². The maximum Gasteiger partial charge on any atom is 0.273 e. The van der Waals surface area contributed by atoms with Crippen LogP contribution in [-0.2, 0) is 4.79 Å². The minimum Gasteiger partial charge on any atom is -0.497 e. The Bertz CT molecular complexity index is 1060. The van der Waals surface area contributed by atoms with Gasteiger partial charge >= 0.3 is 0 Å². The first-order valence-corrected chi connectivity index (χ1v) is 9.33. The second kappa shape index (κ2) is 7.75. The number of aromatic nitrogens is 3. The van der Waals surface area contributed by atoms with Crippen molar-refractivity contribution in [2.45, 2.75) is 19.3 Å². The van der Waals surface area contributed by atoms with E-state index in [9.17, 15) is 9.59 Å². The summed E-state index contributed by atoms with van der Waals surface area (Å²) in [5, 5.41) is 13.8. The van der Waals surface area contributed by atoms with Gasteiger partial charge in [0.05, 0.1) is 24.4 Å². The molecule has 8 nitrogen and oxygen atoms in total. The molecule has 148 valence electrons. The molecule has 0 radical (unpaired) electrons. The zero-order valence-electron chi connectivity index (χ0n) is 16.2. The van der Waals surface area contributed by atoms with E-state index >= 15 is 0 Å². The van der Waals surface area contributed by atoms with Crippen LogP contribution in [0.1, 0.15) is 34.1 Å². The van der Waals surface area contributed by atoms with E-state index < -0.39 is 0 Å². The number of hydrogen-bond donors (Lipinski definition) is 2. The van der Waals surface area contributed by atoms with E-state index in [1.807, 2.05) is 48.5 Å². The molecule has 1 aliphatic heterocycles. The Morgan fingerprint density at radius 3 is 2.72 bits per heavy atom. The molecule has 2 heterocycles. The van der Waals surface area contributed by atoms with Gasteiger partial charge in [-0.05, 0) is 49.2 Å². The number of benzene rings is 2. The van der Waals surface area contributed by atoms with Crippen LogP contribution in [0.3, 0.4) is 0 Å². The molecule has 1 aromatic heterocycles. The summed E-state index contributed by atoms with van der Waals surface area (Å²) in [6.45, 7) is 2.15. The van der Waals surface area contributed by atoms with E-state index in [1.54, 1.807) is 18.7 Å². The summed E-state index contributed by atoms with van der Waals surface area (Å²) in [7, 11) is 1.60. The van der Waals surface area contributed by atoms with Crippen molar-refractivity contribution in [2.24, 2.45) is 0 Å². The lowest BCUT2D eigenvalue weighted by molar-refractivity contribution is -0.117. The molecule has 0 fully saturated rings. The third-order valence-electron chi connectivity index (χ3n) is 5.06. The quantitative estimate of drug-likeness (QED) is 0.673. The number of anilines is 1. The lowest BCUT2D eigenvalue weighted by atomic mass is 9.97. The van der Waals surface area contributed by atoms with Gasteiger partial charge in [0.2, 0.25) is 5.91 Å². The number of carbonyl (C=O) groups is 2. The van der Waals surface area contributed by atoms with Crippen molar-refractivity contribution < 1.29 is 14.3 Å². The molecule has 0 unspecified atom stereocenters. The number of amides is 2. The first-order valence-electron chi connectivity index (χ1n) is 9.33. The molecule has 4 rings (SSSR count). The molecule has 2 amide bonds. The van der Waals surface area contributed by atoms with Crippen LogP contribution >= 0.6 is 0 Å². The van der Waals surface area contributed by atoms with E-state index in [-0.39, 0.29) is 23.4 Å². The molecule has 8 heteroatoms. The van der Waals surface area contributed by atoms with Crippen molar-refractivity contribution in [3.63, 3.8) is 0 Å². The van der Waals surface area contributed by atoms with Crippen LogP contribution in [0.15, 0.2) is 48.5 Å². The van der Waals surface area contributed by atoms with Gasteiger partial charge in [-0.2, -0.15) is 0 Å². The Labute approximate surface area is 167 Å². The predicted molar refractivity (Wildman–Crippen MR) is 107 cm³/mol. The number of carbonyl (C=O) groups excluding carboxylic acids is 2. The summed E-state index contributed by atoms with van der Waals surface area (Å²) in [6.07, 6.45) is 0.514. The molecule has 0 aliphatic carbocycles. The highest BCUT2D eigenvalue weighted by molar-refractivity contribution is 6.02. The van der Waals surface area contributed by atoms with Crippen molar-refractivity contribution in [3.8, 4) is 11.4 Å². The smallest absolute Gasteiger partial charge is 0.273 e. The summed E-state index contributed by atoms with van der Waals surface area (Å²) in [4.78, 5) is 24.7. The van der Waals surface area contributed by atoms with Crippen molar-refractivity contribution in [3.05, 3.63) is 65.5 Å². The highest BCUT2D eigenvalue weighted by atomic mass is 16.5. The molecule has 0 saturated heterocycles. The van der Waals surface area contributed by atoms with Gasteiger partial charge in [-0.1, -0.05) is 23.4 Å². The van der Waals surface area contributed by atoms with Gasteiger partial charge in [0, 0.05) is 12.2 Å². The Hall–Kier alpha value is -3.68. The molecule has 1 aliphatic rings. The Balaban J connectivity index is 1.40. The van der Waals surface area contributed by atoms with Gasteiger partial charge in [-0.3, -0.25) is 9.59 Å². The fraction of sp³-hybridized carbons (Fsp3) is 0.238. The lowest BCUT2D eigenvalue weighted by Gasteiger charge is -2.09. The monoisotopic (exact) mass is 391 g/mol. The van der Waals surface area contributed by atoms with Crippen molar-refractivity contribution in [1.82, 2.24) is 20.3 Å². The minimum absolute atomic E-state index is 0.0397. The average molecular weight is 391 g/mol. The molecule has 3 aromatic rings. The fourth-order valence-corrected chi connectivity index (χ4v) is 3.48. The fourth-order valence-electron chi connectivity index (χ4n) is 3.48. The van der Waals surface area contributed by atoms with Crippen molar-refractivity contribution >= 4 is 17.5 Å². The summed E-state index contributed by atoms with van der Waals surface area (Å²) < 4.78 is 6.76. The number of fused-ring (bicyclic) bond motifs is 1. The lowest BCUT2D eigenvalue weighted by Crippen LogP contribution is -2.27. The Morgan fingerprint density at radius 2 is 1.97 bits per heavy atom. The molecule has 2 N–H and O–H groups in total. The van der Waals surface area contributed by atoms with Gasteiger partial charge < -0.3 is 15.4 Å². The molecule has 0 spiro atoms. The summed E-state index contributed by atoms with van der Waals surface area (Å²) in [6, 6.07) is 14.9. The van der Waals surface area contributed by atoms with Crippen LogP contribution in [0.25, 0.3) is 5.69 Å². The number of para-hydroxylation sites is 1. The number of hydrogen-bond acceptors (Lipinski definition) is 5. The number of rotatable bonds is 6. The molecular weight excluding hydrogens is 370 g/mol. The molecular formula is C21H21N5O3. The number of nitrogens with zero attached hydrogens (tertiary/aromatic N) is 3. The maximum atomic E-state index is 12.6. The van der Waals surface area contributed by atoms with Gasteiger partial charge in [-0.15, -0.1) is 5.10 Å². The number of methoxy groups -OCH3 is 1. The summed E-state index contributed by atoms with van der Waals surface area (Å²) in [5.41, 5.74) is 3.49. The van der Waals surface area contributed by atoms with Crippen LogP contribution < -0.4 is 15.4 Å². The van der Waals surface area contributed by atoms with E-state index in [4.69, 9.17) is 4.74 Å². The standard InChI is InChI=1S/C21H21N5O3/c1-13-19(24-25-26(13)14-7-9-15(29-2)10-8-14)21(28)22-12-11-17-16-5-3-4-6-18(16)23-20(17)27/h3-10,17H,11-12H2,1-2H3,(H,22,28)(H,23,27)/t17-/m0/s1. The van der Waals surface area contributed by atoms with E-state index in [0.717, 1.165) is 22.7 Å². The van der Waals surface area contributed by atoms with Crippen molar-refractivity contribution in [2.75, 3.05) is 19.0 Å². The average Bonchev–Trinajstić information content (AvgIpc) is 3.27. The topological polar surface area (TPSA) is 98.1 Å². The highest BCUT2D eigenvalue weighted by Crippen LogP contribution is 2.33. The second-order valence-electron chi connectivity index (χ2n) is 6.81. The van der Waals surface area contributed by atoms with Gasteiger partial charge in [0.25, 0.3) is 5.91 Å². The molecule has 29 heavy (non-hydrogen) atoms. The molecule has 1 atom stereocenters. The zero-order valence-corrected chi connectivity index (χ0v) is 16.2. The predicted octanol–water partition coefficient (Wildman–Crippen LogP) is 2.44. The first kappa shape index (κ1) is 18.7. The van der Waals surface area contributed by atoms with Crippen LogP contribution in [-0.4, -0.2) is 40.5 Å². The normalized spacial score (nSPS) is 15.0. The zero-order chi connectivity index (χ0) is 20.4. The SMILES string of the molecule is COc1ccc(-n2nnc(C(=O)NCC[C@@H]3C(=O)Nc4ccccc43)c2C)cc1. The maximum absolute atomic E-state index is 12.6. The first-order chi connectivity index (χ1) is 14.1. The summed E-state index contributed by atoms with van der Waals surface area (Å²) in [5.74, 6) is 0.126. The number of nitrogens with one attached hydrogen (secondary N) is 2. The van der Waals surface area contributed by atoms with Crippen molar-refractivity contribution in [1.29, 1.82) is 0 Å². The molecule has 0 bridgehead atoms. The van der Waals surface area contributed by atoms with Crippen LogP contribution in [0.5, 0.6) is 5.75 Å². The van der Waals surface area contributed by atoms with Crippen LogP contribution in [0.4, 0.5) is 5.69 Å². The molecule has 2 aromatic carbocycles. The van der Waals surface area contributed by atoms with Gasteiger partial charge in [-0.25, -0.2) is 4.68 Å².